The van der Waals surface area contributed by atoms with E-state index in [0.29, 0.717) is 0 Å². The van der Waals surface area contributed by atoms with Crippen molar-refractivity contribution in [3.05, 3.63) is 22.1 Å². The Bertz CT molecular complexity index is 308. The Balaban J connectivity index is 3.26. The molecule has 2 N–H and O–H groups in total. The number of furan rings is 1. The van der Waals surface area contributed by atoms with Crippen LogP contribution < -0.4 is 0 Å². The fourth-order valence-corrected chi connectivity index (χ4v) is 1.07. The molecule has 1 rings (SSSR count). The Morgan fingerprint density at radius 2 is 1.92 bits per heavy atom. The molecule has 0 atom stereocenters. The van der Waals surface area contributed by atoms with E-state index in [-0.39, 0.29) is 10.2 Å². The van der Waals surface area contributed by atoms with Gasteiger partial charge in [-0.2, -0.15) is 0 Å². The summed E-state index contributed by atoms with van der Waals surface area (Å²) in [6, 6.07) is 1.09. The second kappa shape index (κ2) is 2.98. The number of carboxylic acid groups (broad SMARTS) is 2. The van der Waals surface area contributed by atoms with Crippen LogP contribution in [0.15, 0.2) is 15.2 Å². The van der Waals surface area contributed by atoms with Gasteiger partial charge in [0.2, 0.25) is 5.76 Å². The molecule has 64 valence electrons. The lowest BCUT2D eigenvalue weighted by Gasteiger charge is -1.88. The zero-order valence-corrected chi connectivity index (χ0v) is 7.16. The highest BCUT2D eigenvalue weighted by atomic mass is 79.9. The van der Waals surface area contributed by atoms with Gasteiger partial charge in [0, 0.05) is 6.07 Å². The molecular formula is C6H3BrO5. The van der Waals surface area contributed by atoms with Gasteiger partial charge in [-0.1, -0.05) is 0 Å². The first-order valence-corrected chi connectivity index (χ1v) is 3.57. The van der Waals surface area contributed by atoms with Crippen LogP contribution in [0.1, 0.15) is 20.9 Å². The maximum absolute atomic E-state index is 10.4. The van der Waals surface area contributed by atoms with Crippen molar-refractivity contribution in [2.45, 2.75) is 0 Å². The molecule has 1 aromatic rings. The Labute approximate surface area is 74.7 Å². The van der Waals surface area contributed by atoms with Gasteiger partial charge in [-0.25, -0.2) is 9.59 Å². The summed E-state index contributed by atoms with van der Waals surface area (Å²) in [5.74, 6) is -3.31. The fraction of sp³-hybridized carbons (Fsp3) is 0. The van der Waals surface area contributed by atoms with Crippen LogP contribution in [0.2, 0.25) is 0 Å². The molecule has 0 radical (unpaired) electrons. The van der Waals surface area contributed by atoms with E-state index in [1.54, 1.807) is 0 Å². The summed E-state index contributed by atoms with van der Waals surface area (Å²) in [7, 11) is 0. The van der Waals surface area contributed by atoms with Gasteiger partial charge in [0.25, 0.3) is 0 Å². The standard InChI is InChI=1S/C6H3BrO5/c7-3-1-2(5(8)9)4(12-3)6(10)11/h1H,(H,8,9)(H,10,11). The van der Waals surface area contributed by atoms with Crippen LogP contribution in [0.4, 0.5) is 0 Å². The molecule has 0 aliphatic carbocycles. The summed E-state index contributed by atoms with van der Waals surface area (Å²) in [6.45, 7) is 0. The Kier molecular flexibility index (Phi) is 2.18. The molecule has 0 aromatic carbocycles. The normalized spacial score (nSPS) is 9.75. The molecule has 5 nitrogen and oxygen atoms in total. The van der Waals surface area contributed by atoms with Gasteiger partial charge < -0.3 is 14.6 Å². The number of rotatable bonds is 2. The molecule has 0 amide bonds. The first-order valence-electron chi connectivity index (χ1n) is 2.78. The summed E-state index contributed by atoms with van der Waals surface area (Å²) in [5.41, 5.74) is -0.366. The summed E-state index contributed by atoms with van der Waals surface area (Å²) in [6.07, 6.45) is 0. The zero-order chi connectivity index (χ0) is 9.30. The minimum atomic E-state index is -1.40. The van der Waals surface area contributed by atoms with Gasteiger partial charge in [-0.05, 0) is 15.9 Å². The number of halogens is 1. The molecule has 6 heteroatoms. The fourth-order valence-electron chi connectivity index (χ4n) is 0.679. The van der Waals surface area contributed by atoms with E-state index in [1.807, 2.05) is 0 Å². The van der Waals surface area contributed by atoms with E-state index in [9.17, 15) is 9.59 Å². The largest absolute Gasteiger partial charge is 0.478 e. The average molecular weight is 235 g/mol. The number of carbonyl (C=O) groups is 2. The quantitative estimate of drug-likeness (QED) is 0.809. The Morgan fingerprint density at radius 1 is 1.33 bits per heavy atom. The van der Waals surface area contributed by atoms with Crippen LogP contribution in [0.5, 0.6) is 0 Å². The van der Waals surface area contributed by atoms with Crippen LogP contribution in [-0.2, 0) is 0 Å². The van der Waals surface area contributed by atoms with Crippen LogP contribution in [0.3, 0.4) is 0 Å². The first kappa shape index (κ1) is 8.79. The van der Waals surface area contributed by atoms with E-state index in [2.05, 4.69) is 20.3 Å². The molecule has 0 bridgehead atoms. The number of hydrogen-bond donors (Lipinski definition) is 2. The van der Waals surface area contributed by atoms with Crippen molar-refractivity contribution in [1.29, 1.82) is 0 Å². The molecule has 0 fully saturated rings. The maximum Gasteiger partial charge on any atom is 0.372 e. The van der Waals surface area contributed by atoms with Crippen LogP contribution >= 0.6 is 15.9 Å². The van der Waals surface area contributed by atoms with E-state index in [1.165, 1.54) is 0 Å². The lowest BCUT2D eigenvalue weighted by molar-refractivity contribution is 0.0625. The van der Waals surface area contributed by atoms with Crippen molar-refractivity contribution >= 4 is 27.9 Å². The van der Waals surface area contributed by atoms with E-state index < -0.39 is 17.7 Å². The van der Waals surface area contributed by atoms with Gasteiger partial charge in [0.05, 0.1) is 0 Å². The van der Waals surface area contributed by atoms with Gasteiger partial charge in [-0.3, -0.25) is 0 Å². The van der Waals surface area contributed by atoms with E-state index in [4.69, 9.17) is 10.2 Å². The van der Waals surface area contributed by atoms with E-state index in [0.717, 1.165) is 6.07 Å². The Hall–Kier alpha value is -1.30. The summed E-state index contributed by atoms with van der Waals surface area (Å²) >= 11 is 2.83. The number of hydrogen-bond acceptors (Lipinski definition) is 3. The zero-order valence-electron chi connectivity index (χ0n) is 5.57. The number of carboxylic acids is 2. The molecule has 0 unspecified atom stereocenters. The predicted octanol–water partition coefficient (Wildman–Crippen LogP) is 1.44. The predicted molar refractivity (Wildman–Crippen MR) is 40.3 cm³/mol. The third-order valence-electron chi connectivity index (χ3n) is 1.13. The minimum absolute atomic E-state index is 0.0808. The Morgan fingerprint density at radius 3 is 2.25 bits per heavy atom. The van der Waals surface area contributed by atoms with Gasteiger partial charge >= 0.3 is 11.9 Å². The second-order valence-electron chi connectivity index (χ2n) is 1.90. The van der Waals surface area contributed by atoms with Crippen LogP contribution in [0, 0.1) is 0 Å². The monoisotopic (exact) mass is 234 g/mol. The molecule has 0 spiro atoms. The third kappa shape index (κ3) is 1.48. The SMILES string of the molecule is O=C(O)c1cc(Br)oc1C(=O)O. The lowest BCUT2D eigenvalue weighted by atomic mass is 10.2. The smallest absolute Gasteiger partial charge is 0.372 e. The molecule has 12 heavy (non-hydrogen) atoms. The first-order chi connectivity index (χ1) is 5.52. The molecular weight excluding hydrogens is 232 g/mol. The molecule has 1 aromatic heterocycles. The number of aromatic carboxylic acids is 2. The highest BCUT2D eigenvalue weighted by molar-refractivity contribution is 9.10. The van der Waals surface area contributed by atoms with Gasteiger partial charge in [0.15, 0.2) is 4.67 Å². The molecule has 0 saturated carbocycles. The van der Waals surface area contributed by atoms with Gasteiger partial charge in [0.1, 0.15) is 5.56 Å². The van der Waals surface area contributed by atoms with Crippen LogP contribution in [0.25, 0.3) is 0 Å². The molecule has 0 saturated heterocycles. The van der Waals surface area contributed by atoms with E-state index >= 15 is 0 Å². The van der Waals surface area contributed by atoms with Crippen molar-refractivity contribution in [2.75, 3.05) is 0 Å². The lowest BCUT2D eigenvalue weighted by Crippen LogP contribution is -2.03. The van der Waals surface area contributed by atoms with Crippen molar-refractivity contribution < 1.29 is 24.2 Å². The molecule has 0 aliphatic rings. The second-order valence-corrected chi connectivity index (χ2v) is 2.69. The van der Waals surface area contributed by atoms with Gasteiger partial charge in [-0.15, -0.1) is 0 Å². The molecule has 0 aliphatic heterocycles. The topological polar surface area (TPSA) is 87.7 Å². The van der Waals surface area contributed by atoms with Crippen molar-refractivity contribution in [3.8, 4) is 0 Å². The highest BCUT2D eigenvalue weighted by Crippen LogP contribution is 2.20. The minimum Gasteiger partial charge on any atom is -0.478 e. The average Bonchev–Trinajstić information content (AvgIpc) is 2.31. The summed E-state index contributed by atoms with van der Waals surface area (Å²) in [4.78, 5) is 20.8. The maximum atomic E-state index is 10.4. The van der Waals surface area contributed by atoms with Crippen molar-refractivity contribution in [1.82, 2.24) is 0 Å². The van der Waals surface area contributed by atoms with Crippen molar-refractivity contribution in [2.24, 2.45) is 0 Å². The summed E-state index contributed by atoms with van der Waals surface area (Å²) in [5, 5.41) is 16.9. The third-order valence-corrected chi connectivity index (χ3v) is 1.52. The van der Waals surface area contributed by atoms with Crippen LogP contribution in [-0.4, -0.2) is 22.2 Å². The highest BCUT2D eigenvalue weighted by Gasteiger charge is 2.21. The van der Waals surface area contributed by atoms with Crippen molar-refractivity contribution in [3.63, 3.8) is 0 Å². The molecule has 1 heterocycles. The summed E-state index contributed by atoms with van der Waals surface area (Å²) < 4.78 is 4.65.